The molecule has 0 amide bonds. The van der Waals surface area contributed by atoms with E-state index in [-0.39, 0.29) is 4.90 Å². The van der Waals surface area contributed by atoms with Crippen LogP contribution in [0.4, 0.5) is 5.69 Å². The Balaban J connectivity index is 1.99. The molecule has 0 spiro atoms. The Labute approximate surface area is 153 Å². The third kappa shape index (κ3) is 3.65. The van der Waals surface area contributed by atoms with Crippen LogP contribution in [0, 0.1) is 0 Å². The number of benzene rings is 3. The van der Waals surface area contributed by atoms with Crippen LogP contribution in [-0.2, 0) is 10.0 Å². The van der Waals surface area contributed by atoms with Gasteiger partial charge >= 0.3 is 0 Å². The lowest BCUT2D eigenvalue weighted by Gasteiger charge is -2.14. The zero-order chi connectivity index (χ0) is 18.6. The van der Waals surface area contributed by atoms with E-state index in [4.69, 9.17) is 9.47 Å². The Morgan fingerprint density at radius 1 is 0.769 bits per heavy atom. The van der Waals surface area contributed by atoms with Crippen LogP contribution in [0.15, 0.2) is 77.7 Å². The summed E-state index contributed by atoms with van der Waals surface area (Å²) in [6.45, 7) is 0. The summed E-state index contributed by atoms with van der Waals surface area (Å²) in [5.41, 5.74) is 2.24. The molecule has 0 heterocycles. The van der Waals surface area contributed by atoms with Crippen molar-refractivity contribution < 1.29 is 17.9 Å². The number of nitrogens with one attached hydrogen (secondary N) is 1. The van der Waals surface area contributed by atoms with Gasteiger partial charge in [0.15, 0.2) is 11.5 Å². The lowest BCUT2D eigenvalue weighted by atomic mass is 10.0. The number of rotatable bonds is 6. The van der Waals surface area contributed by atoms with Gasteiger partial charge in [0, 0.05) is 11.6 Å². The maximum absolute atomic E-state index is 12.8. The molecule has 0 atom stereocenters. The van der Waals surface area contributed by atoms with E-state index in [0.29, 0.717) is 17.2 Å². The van der Waals surface area contributed by atoms with Crippen LogP contribution in [-0.4, -0.2) is 22.6 Å². The highest BCUT2D eigenvalue weighted by atomic mass is 32.2. The fourth-order valence-electron chi connectivity index (χ4n) is 2.63. The van der Waals surface area contributed by atoms with Gasteiger partial charge < -0.3 is 9.47 Å². The minimum Gasteiger partial charge on any atom is -0.493 e. The van der Waals surface area contributed by atoms with Gasteiger partial charge in [-0.3, -0.25) is 4.72 Å². The second-order valence-corrected chi connectivity index (χ2v) is 7.22. The maximum Gasteiger partial charge on any atom is 0.262 e. The number of anilines is 1. The predicted molar refractivity (Wildman–Crippen MR) is 102 cm³/mol. The lowest BCUT2D eigenvalue weighted by Crippen LogP contribution is -2.13. The number of sulfonamides is 1. The Morgan fingerprint density at radius 2 is 1.42 bits per heavy atom. The molecule has 26 heavy (non-hydrogen) atoms. The third-order valence-corrected chi connectivity index (χ3v) is 5.28. The third-order valence-electron chi connectivity index (χ3n) is 3.92. The van der Waals surface area contributed by atoms with Crippen molar-refractivity contribution >= 4 is 15.7 Å². The number of para-hydroxylation sites is 1. The molecule has 0 saturated heterocycles. The normalized spacial score (nSPS) is 11.0. The Morgan fingerprint density at radius 3 is 2.12 bits per heavy atom. The van der Waals surface area contributed by atoms with Gasteiger partial charge in [0.1, 0.15) is 0 Å². The highest BCUT2D eigenvalue weighted by Crippen LogP contribution is 2.32. The molecule has 0 aliphatic heterocycles. The summed E-state index contributed by atoms with van der Waals surface area (Å²) in [6.07, 6.45) is 0. The van der Waals surface area contributed by atoms with Crippen LogP contribution in [0.1, 0.15) is 0 Å². The van der Waals surface area contributed by atoms with E-state index in [2.05, 4.69) is 4.72 Å². The number of hydrogen-bond donors (Lipinski definition) is 1. The standard InChI is InChI=1S/C20H19NO4S/c1-24-19-13-12-16(14-20(19)25-2)26(22,23)21-18-11-7-6-10-17(18)15-8-4-3-5-9-15/h3-14,21H,1-2H3. The first kappa shape index (κ1) is 17.8. The predicted octanol–water partition coefficient (Wildman–Crippen LogP) is 4.17. The first-order valence-corrected chi connectivity index (χ1v) is 9.43. The summed E-state index contributed by atoms with van der Waals surface area (Å²) in [5, 5.41) is 0. The highest BCUT2D eigenvalue weighted by Gasteiger charge is 2.18. The van der Waals surface area contributed by atoms with Crippen molar-refractivity contribution in [3.05, 3.63) is 72.8 Å². The SMILES string of the molecule is COc1ccc(S(=O)(=O)Nc2ccccc2-c2ccccc2)cc1OC. The topological polar surface area (TPSA) is 64.6 Å². The largest absolute Gasteiger partial charge is 0.493 e. The van der Waals surface area contributed by atoms with Gasteiger partial charge in [-0.05, 0) is 23.8 Å². The first-order chi connectivity index (χ1) is 12.5. The minimum atomic E-state index is -3.79. The molecule has 6 heteroatoms. The van der Waals surface area contributed by atoms with E-state index in [9.17, 15) is 8.42 Å². The van der Waals surface area contributed by atoms with Crippen LogP contribution in [0.3, 0.4) is 0 Å². The van der Waals surface area contributed by atoms with Crippen molar-refractivity contribution in [3.8, 4) is 22.6 Å². The van der Waals surface area contributed by atoms with Crippen molar-refractivity contribution in [1.82, 2.24) is 0 Å². The van der Waals surface area contributed by atoms with Crippen molar-refractivity contribution in [2.45, 2.75) is 4.90 Å². The quantitative estimate of drug-likeness (QED) is 0.708. The molecule has 3 aromatic carbocycles. The molecule has 1 N–H and O–H groups in total. The van der Waals surface area contributed by atoms with E-state index in [1.165, 1.54) is 26.4 Å². The molecule has 0 radical (unpaired) electrons. The number of ether oxygens (including phenoxy) is 2. The summed E-state index contributed by atoms with van der Waals surface area (Å²) < 4.78 is 38.7. The molecular weight excluding hydrogens is 350 g/mol. The molecule has 3 aromatic rings. The Hall–Kier alpha value is -2.99. The van der Waals surface area contributed by atoms with Gasteiger partial charge in [-0.15, -0.1) is 0 Å². The molecule has 5 nitrogen and oxygen atoms in total. The monoisotopic (exact) mass is 369 g/mol. The van der Waals surface area contributed by atoms with Crippen LogP contribution < -0.4 is 14.2 Å². The van der Waals surface area contributed by atoms with Gasteiger partial charge in [0.25, 0.3) is 10.0 Å². The second kappa shape index (κ2) is 7.49. The minimum absolute atomic E-state index is 0.0954. The molecule has 0 saturated carbocycles. The summed E-state index contributed by atoms with van der Waals surface area (Å²) in [4.78, 5) is 0.0954. The lowest BCUT2D eigenvalue weighted by molar-refractivity contribution is 0.354. The molecule has 0 aromatic heterocycles. The van der Waals surface area contributed by atoms with Crippen molar-refractivity contribution in [3.63, 3.8) is 0 Å². The Bertz CT molecular complexity index is 1000. The van der Waals surface area contributed by atoms with E-state index in [1.807, 2.05) is 42.5 Å². The smallest absolute Gasteiger partial charge is 0.262 e. The van der Waals surface area contributed by atoms with Crippen molar-refractivity contribution in [1.29, 1.82) is 0 Å². The molecular formula is C20H19NO4S. The zero-order valence-corrected chi connectivity index (χ0v) is 15.3. The summed E-state index contributed by atoms with van der Waals surface area (Å²) in [6, 6.07) is 21.4. The van der Waals surface area contributed by atoms with Gasteiger partial charge in [-0.2, -0.15) is 0 Å². The van der Waals surface area contributed by atoms with Gasteiger partial charge in [0.2, 0.25) is 0 Å². The van der Waals surface area contributed by atoms with E-state index < -0.39 is 10.0 Å². The van der Waals surface area contributed by atoms with Crippen molar-refractivity contribution in [2.75, 3.05) is 18.9 Å². The number of methoxy groups -OCH3 is 2. The maximum atomic E-state index is 12.8. The van der Waals surface area contributed by atoms with Crippen LogP contribution in [0.5, 0.6) is 11.5 Å². The second-order valence-electron chi connectivity index (χ2n) is 5.53. The average molecular weight is 369 g/mol. The molecule has 134 valence electrons. The zero-order valence-electron chi connectivity index (χ0n) is 14.5. The first-order valence-electron chi connectivity index (χ1n) is 7.94. The van der Waals surface area contributed by atoms with E-state index in [0.717, 1.165) is 11.1 Å². The van der Waals surface area contributed by atoms with Crippen LogP contribution in [0.2, 0.25) is 0 Å². The summed E-state index contributed by atoms with van der Waals surface area (Å²) in [7, 11) is -0.822. The molecule has 3 rings (SSSR count). The van der Waals surface area contributed by atoms with Gasteiger partial charge in [0.05, 0.1) is 24.8 Å². The summed E-state index contributed by atoms with van der Waals surface area (Å²) in [5.74, 6) is 0.822. The van der Waals surface area contributed by atoms with Crippen LogP contribution >= 0.6 is 0 Å². The molecule has 0 unspecified atom stereocenters. The fourth-order valence-corrected chi connectivity index (χ4v) is 3.72. The van der Waals surface area contributed by atoms with Crippen LogP contribution in [0.25, 0.3) is 11.1 Å². The van der Waals surface area contributed by atoms with Crippen molar-refractivity contribution in [2.24, 2.45) is 0 Å². The Kier molecular flexibility index (Phi) is 5.14. The van der Waals surface area contributed by atoms with E-state index >= 15 is 0 Å². The molecule has 0 fully saturated rings. The average Bonchev–Trinajstić information content (AvgIpc) is 2.68. The van der Waals surface area contributed by atoms with E-state index in [1.54, 1.807) is 18.2 Å². The van der Waals surface area contributed by atoms with Gasteiger partial charge in [-0.1, -0.05) is 48.5 Å². The highest BCUT2D eigenvalue weighted by molar-refractivity contribution is 7.92. The number of hydrogen-bond acceptors (Lipinski definition) is 4. The fraction of sp³-hybridized carbons (Fsp3) is 0.100. The molecule has 0 aliphatic carbocycles. The summed E-state index contributed by atoms with van der Waals surface area (Å²) >= 11 is 0. The molecule has 0 aliphatic rings. The molecule has 0 bridgehead atoms. The van der Waals surface area contributed by atoms with Gasteiger partial charge in [-0.25, -0.2) is 8.42 Å².